The molecule has 2 aromatic carbocycles. The average molecular weight is 320 g/mol. The number of nitrogens with zero attached hydrogens (tertiary/aromatic N) is 1. The van der Waals surface area contributed by atoms with Crippen LogP contribution in [0.1, 0.15) is 29.2 Å². The van der Waals surface area contributed by atoms with Gasteiger partial charge in [-0.2, -0.15) is 0 Å². The van der Waals surface area contributed by atoms with Gasteiger partial charge in [-0.1, -0.05) is 24.3 Å². The van der Waals surface area contributed by atoms with Crippen LogP contribution in [-0.2, 0) is 4.79 Å². The fraction of sp³-hybridized carbons (Fsp3) is 0.200. The number of carbonyl (C=O) groups is 1. The van der Waals surface area contributed by atoms with Crippen molar-refractivity contribution in [3.63, 3.8) is 0 Å². The zero-order chi connectivity index (χ0) is 17.1. The van der Waals surface area contributed by atoms with E-state index in [0.29, 0.717) is 18.1 Å². The molecule has 4 nitrogen and oxygen atoms in total. The van der Waals surface area contributed by atoms with E-state index in [1.165, 1.54) is 11.1 Å². The normalized spacial score (nSPS) is 15.4. The van der Waals surface area contributed by atoms with Gasteiger partial charge in [0.1, 0.15) is 17.3 Å². The highest BCUT2D eigenvalue weighted by molar-refractivity contribution is 6.19. The predicted octanol–water partition coefficient (Wildman–Crippen LogP) is 3.62. The largest absolute Gasteiger partial charge is 0.494 e. The van der Waals surface area contributed by atoms with Gasteiger partial charge in [-0.3, -0.25) is 4.79 Å². The van der Waals surface area contributed by atoms with Crippen molar-refractivity contribution in [1.29, 1.82) is 0 Å². The number of hydrogen-bond donors (Lipinski definition) is 1. The summed E-state index contributed by atoms with van der Waals surface area (Å²) in [7, 11) is 0. The number of aryl methyl sites for hydroxylation is 2. The molecule has 1 aliphatic rings. The van der Waals surface area contributed by atoms with E-state index in [9.17, 15) is 4.79 Å². The molecule has 24 heavy (non-hydrogen) atoms. The van der Waals surface area contributed by atoms with Crippen molar-refractivity contribution < 1.29 is 9.53 Å². The highest BCUT2D eigenvalue weighted by Crippen LogP contribution is 2.19. The lowest BCUT2D eigenvalue weighted by Crippen LogP contribution is -2.24. The first-order valence-corrected chi connectivity index (χ1v) is 7.99. The Hall–Kier alpha value is -2.88. The summed E-state index contributed by atoms with van der Waals surface area (Å²) in [6, 6.07) is 13.6. The molecule has 0 spiro atoms. The minimum Gasteiger partial charge on any atom is -0.494 e. The van der Waals surface area contributed by atoms with Crippen LogP contribution in [0.5, 0.6) is 5.75 Å². The summed E-state index contributed by atoms with van der Waals surface area (Å²) in [6.45, 7) is 6.69. The van der Waals surface area contributed by atoms with Gasteiger partial charge in [0.25, 0.3) is 5.91 Å². The second kappa shape index (κ2) is 6.71. The summed E-state index contributed by atoms with van der Waals surface area (Å²) in [5.41, 5.74) is 4.63. The maximum atomic E-state index is 12.2. The summed E-state index contributed by atoms with van der Waals surface area (Å²) < 4.78 is 5.42. The Morgan fingerprint density at radius 2 is 1.83 bits per heavy atom. The second-order valence-electron chi connectivity index (χ2n) is 5.75. The minimum absolute atomic E-state index is 0.183. The van der Waals surface area contributed by atoms with Gasteiger partial charge in [0.05, 0.1) is 6.61 Å². The number of nitrogens with one attached hydrogen (secondary N) is 1. The maximum Gasteiger partial charge on any atom is 0.275 e. The van der Waals surface area contributed by atoms with E-state index >= 15 is 0 Å². The SMILES string of the molecule is CCOc1ccc(/C=C2/N=C(c3ccc(C)c(C)c3)NC2=O)cc1. The first kappa shape index (κ1) is 16.0. The van der Waals surface area contributed by atoms with Crippen LogP contribution in [0.2, 0.25) is 0 Å². The molecular formula is C20H20N2O2. The molecule has 1 N–H and O–H groups in total. The average Bonchev–Trinajstić information content (AvgIpc) is 2.93. The maximum absolute atomic E-state index is 12.2. The standard InChI is InChI=1S/C20H20N2O2/c1-4-24-17-9-6-15(7-10-17)12-18-20(23)22-19(21-18)16-8-5-13(2)14(3)11-16/h5-12H,4H2,1-3H3,(H,21,22,23)/b18-12+. The molecule has 2 aromatic rings. The van der Waals surface area contributed by atoms with Crippen molar-refractivity contribution in [3.05, 3.63) is 70.4 Å². The number of benzene rings is 2. The highest BCUT2D eigenvalue weighted by atomic mass is 16.5. The number of amidine groups is 1. The molecular weight excluding hydrogens is 300 g/mol. The first-order valence-electron chi connectivity index (χ1n) is 7.99. The zero-order valence-electron chi connectivity index (χ0n) is 14.1. The van der Waals surface area contributed by atoms with Crippen LogP contribution in [-0.4, -0.2) is 18.3 Å². The van der Waals surface area contributed by atoms with Gasteiger partial charge in [-0.15, -0.1) is 0 Å². The van der Waals surface area contributed by atoms with Gasteiger partial charge in [0, 0.05) is 5.56 Å². The number of ether oxygens (including phenoxy) is 1. The summed E-state index contributed by atoms with van der Waals surface area (Å²) >= 11 is 0. The fourth-order valence-corrected chi connectivity index (χ4v) is 2.48. The van der Waals surface area contributed by atoms with Crippen LogP contribution in [0.15, 0.2) is 53.2 Å². The van der Waals surface area contributed by atoms with Crippen LogP contribution < -0.4 is 10.1 Å². The molecule has 0 aromatic heterocycles. The third-order valence-electron chi connectivity index (χ3n) is 3.97. The lowest BCUT2D eigenvalue weighted by atomic mass is 10.1. The van der Waals surface area contributed by atoms with E-state index in [0.717, 1.165) is 16.9 Å². The van der Waals surface area contributed by atoms with Crippen molar-refractivity contribution in [3.8, 4) is 5.75 Å². The van der Waals surface area contributed by atoms with Crippen LogP contribution in [0.3, 0.4) is 0 Å². The Morgan fingerprint density at radius 1 is 1.08 bits per heavy atom. The van der Waals surface area contributed by atoms with Crippen LogP contribution in [0, 0.1) is 13.8 Å². The molecule has 1 amide bonds. The van der Waals surface area contributed by atoms with Gasteiger partial charge in [-0.05, 0) is 61.7 Å². The molecule has 0 atom stereocenters. The molecule has 0 bridgehead atoms. The summed E-state index contributed by atoms with van der Waals surface area (Å²) in [5.74, 6) is 1.23. The quantitative estimate of drug-likeness (QED) is 0.875. The topological polar surface area (TPSA) is 50.7 Å². The summed E-state index contributed by atoms with van der Waals surface area (Å²) in [6.07, 6.45) is 1.78. The Balaban J connectivity index is 1.86. The summed E-state index contributed by atoms with van der Waals surface area (Å²) in [4.78, 5) is 16.6. The molecule has 1 heterocycles. The lowest BCUT2D eigenvalue weighted by Gasteiger charge is -2.04. The molecule has 3 rings (SSSR count). The van der Waals surface area contributed by atoms with Crippen LogP contribution in [0.4, 0.5) is 0 Å². The molecule has 0 radical (unpaired) electrons. The van der Waals surface area contributed by atoms with E-state index in [-0.39, 0.29) is 5.91 Å². The Morgan fingerprint density at radius 3 is 2.50 bits per heavy atom. The number of amides is 1. The van der Waals surface area contributed by atoms with E-state index < -0.39 is 0 Å². The molecule has 122 valence electrons. The summed E-state index contributed by atoms with van der Waals surface area (Å²) in [5, 5.41) is 2.84. The van der Waals surface area contributed by atoms with Crippen molar-refractivity contribution in [2.75, 3.05) is 6.61 Å². The molecule has 0 unspecified atom stereocenters. The van der Waals surface area contributed by atoms with Crippen molar-refractivity contribution in [1.82, 2.24) is 5.32 Å². The third-order valence-corrected chi connectivity index (χ3v) is 3.97. The van der Waals surface area contributed by atoms with E-state index in [4.69, 9.17) is 4.74 Å². The Kier molecular flexibility index (Phi) is 4.47. The minimum atomic E-state index is -0.183. The molecule has 4 heteroatoms. The molecule has 0 saturated heterocycles. The first-order chi connectivity index (χ1) is 11.6. The van der Waals surface area contributed by atoms with E-state index in [1.807, 2.05) is 56.3 Å². The van der Waals surface area contributed by atoms with Crippen LogP contribution in [0.25, 0.3) is 6.08 Å². The number of carbonyl (C=O) groups excluding carboxylic acids is 1. The third kappa shape index (κ3) is 3.38. The Labute approximate surface area is 141 Å². The number of hydrogen-bond acceptors (Lipinski definition) is 3. The van der Waals surface area contributed by atoms with Gasteiger partial charge in [-0.25, -0.2) is 4.99 Å². The van der Waals surface area contributed by atoms with Gasteiger partial charge >= 0.3 is 0 Å². The van der Waals surface area contributed by atoms with Crippen molar-refractivity contribution in [2.45, 2.75) is 20.8 Å². The molecule has 0 fully saturated rings. The molecule has 0 saturated carbocycles. The van der Waals surface area contributed by atoms with Gasteiger partial charge < -0.3 is 10.1 Å². The number of rotatable bonds is 4. The predicted molar refractivity (Wildman–Crippen MR) is 96.2 cm³/mol. The molecule has 0 aliphatic carbocycles. The second-order valence-corrected chi connectivity index (χ2v) is 5.75. The van der Waals surface area contributed by atoms with Crippen molar-refractivity contribution >= 4 is 17.8 Å². The zero-order valence-corrected chi connectivity index (χ0v) is 14.1. The van der Waals surface area contributed by atoms with Crippen molar-refractivity contribution in [2.24, 2.45) is 4.99 Å². The smallest absolute Gasteiger partial charge is 0.275 e. The van der Waals surface area contributed by atoms with Crippen LogP contribution >= 0.6 is 0 Å². The van der Waals surface area contributed by atoms with E-state index in [2.05, 4.69) is 17.2 Å². The van der Waals surface area contributed by atoms with E-state index in [1.54, 1.807) is 6.08 Å². The highest BCUT2D eigenvalue weighted by Gasteiger charge is 2.21. The fourth-order valence-electron chi connectivity index (χ4n) is 2.48. The lowest BCUT2D eigenvalue weighted by molar-refractivity contribution is -0.115. The number of aliphatic imine (C=N–C) groups is 1. The molecule has 1 aliphatic heterocycles. The van der Waals surface area contributed by atoms with Gasteiger partial charge in [0.2, 0.25) is 0 Å². The monoisotopic (exact) mass is 320 g/mol. The Bertz CT molecular complexity index is 833. The van der Waals surface area contributed by atoms with Gasteiger partial charge in [0.15, 0.2) is 0 Å².